The number of likely N-dealkylation sites (tertiary alicyclic amines) is 1. The quantitative estimate of drug-likeness (QED) is 0.730. The standard InChI is InChI=1S/C11H16N4O3/c16-10(9-6-13-14-7-9)12-5-8-1-3-15(4-2-8)11(17)18/h6-8H,1-5H2,(H,12,16)(H,13,14)(H,17,18). The lowest BCUT2D eigenvalue weighted by atomic mass is 9.97. The molecule has 0 radical (unpaired) electrons. The first-order valence-corrected chi connectivity index (χ1v) is 5.91. The Morgan fingerprint density at radius 1 is 1.50 bits per heavy atom. The van der Waals surface area contributed by atoms with Crippen molar-refractivity contribution < 1.29 is 14.7 Å². The van der Waals surface area contributed by atoms with Crippen LogP contribution < -0.4 is 5.32 Å². The molecule has 2 heterocycles. The Balaban J connectivity index is 1.72. The van der Waals surface area contributed by atoms with Gasteiger partial charge in [0.25, 0.3) is 5.91 Å². The number of piperidine rings is 1. The molecule has 0 spiro atoms. The summed E-state index contributed by atoms with van der Waals surface area (Å²) in [5.74, 6) is 0.195. The van der Waals surface area contributed by atoms with Crippen molar-refractivity contribution in [2.24, 2.45) is 5.92 Å². The zero-order valence-electron chi connectivity index (χ0n) is 9.93. The number of amides is 2. The van der Waals surface area contributed by atoms with Gasteiger partial charge in [-0.05, 0) is 18.8 Å². The average molecular weight is 252 g/mol. The summed E-state index contributed by atoms with van der Waals surface area (Å²) in [4.78, 5) is 23.8. The summed E-state index contributed by atoms with van der Waals surface area (Å²) in [6.45, 7) is 1.67. The number of carboxylic acid groups (broad SMARTS) is 1. The number of aromatic nitrogens is 2. The summed E-state index contributed by atoms with van der Waals surface area (Å²) in [6, 6.07) is 0. The molecule has 0 aromatic carbocycles. The van der Waals surface area contributed by atoms with E-state index in [1.807, 2.05) is 0 Å². The van der Waals surface area contributed by atoms with Crippen LogP contribution in [0.15, 0.2) is 12.4 Å². The molecule has 3 N–H and O–H groups in total. The molecule has 1 aromatic heterocycles. The number of H-pyrrole nitrogens is 1. The second-order valence-corrected chi connectivity index (χ2v) is 4.41. The molecule has 0 unspecified atom stereocenters. The maximum Gasteiger partial charge on any atom is 0.407 e. The number of nitrogens with zero attached hydrogens (tertiary/aromatic N) is 2. The van der Waals surface area contributed by atoms with Crippen molar-refractivity contribution >= 4 is 12.0 Å². The molecule has 0 atom stereocenters. The highest BCUT2D eigenvalue weighted by molar-refractivity contribution is 5.93. The Labute approximate surface area is 104 Å². The lowest BCUT2D eigenvalue weighted by Crippen LogP contribution is -2.40. The molecule has 7 nitrogen and oxygen atoms in total. The highest BCUT2D eigenvalue weighted by atomic mass is 16.4. The van der Waals surface area contributed by atoms with Crippen LogP contribution in [0.25, 0.3) is 0 Å². The maximum atomic E-state index is 11.6. The second-order valence-electron chi connectivity index (χ2n) is 4.41. The molecular weight excluding hydrogens is 236 g/mol. The topological polar surface area (TPSA) is 98.3 Å². The highest BCUT2D eigenvalue weighted by Crippen LogP contribution is 2.16. The van der Waals surface area contributed by atoms with Gasteiger partial charge in [0.2, 0.25) is 0 Å². The van der Waals surface area contributed by atoms with Gasteiger partial charge in [-0.1, -0.05) is 0 Å². The first-order chi connectivity index (χ1) is 8.66. The van der Waals surface area contributed by atoms with Gasteiger partial charge in [-0.2, -0.15) is 5.10 Å². The fourth-order valence-electron chi connectivity index (χ4n) is 2.04. The monoisotopic (exact) mass is 252 g/mol. The molecule has 1 aromatic rings. The third-order valence-electron chi connectivity index (χ3n) is 3.20. The lowest BCUT2D eigenvalue weighted by Gasteiger charge is -2.29. The van der Waals surface area contributed by atoms with Crippen LogP contribution in [-0.4, -0.2) is 51.8 Å². The van der Waals surface area contributed by atoms with Crippen LogP contribution in [0.1, 0.15) is 23.2 Å². The van der Waals surface area contributed by atoms with Crippen LogP contribution in [0.2, 0.25) is 0 Å². The van der Waals surface area contributed by atoms with Crippen molar-refractivity contribution in [2.75, 3.05) is 19.6 Å². The van der Waals surface area contributed by atoms with Crippen molar-refractivity contribution in [3.8, 4) is 0 Å². The third-order valence-corrected chi connectivity index (χ3v) is 3.20. The minimum Gasteiger partial charge on any atom is -0.465 e. The molecule has 1 saturated heterocycles. The molecular formula is C11H16N4O3. The number of aromatic amines is 1. The summed E-state index contributed by atoms with van der Waals surface area (Å²) in [5, 5.41) is 17.9. The number of hydrogen-bond acceptors (Lipinski definition) is 3. The largest absolute Gasteiger partial charge is 0.465 e. The maximum absolute atomic E-state index is 11.6. The van der Waals surface area contributed by atoms with Gasteiger partial charge in [0.05, 0.1) is 11.8 Å². The molecule has 0 aliphatic carbocycles. The fraction of sp³-hybridized carbons (Fsp3) is 0.545. The first kappa shape index (κ1) is 12.4. The number of hydrogen-bond donors (Lipinski definition) is 3. The minimum atomic E-state index is -0.865. The van der Waals surface area contributed by atoms with Gasteiger partial charge < -0.3 is 15.3 Å². The lowest BCUT2D eigenvalue weighted by molar-refractivity contribution is 0.0929. The average Bonchev–Trinajstić information content (AvgIpc) is 2.90. The van der Waals surface area contributed by atoms with Gasteiger partial charge in [0.1, 0.15) is 0 Å². The minimum absolute atomic E-state index is 0.149. The van der Waals surface area contributed by atoms with Crippen LogP contribution in [0, 0.1) is 5.92 Å². The van der Waals surface area contributed by atoms with E-state index in [1.54, 1.807) is 6.20 Å². The van der Waals surface area contributed by atoms with E-state index in [0.29, 0.717) is 31.1 Å². The molecule has 1 aliphatic rings. The Hall–Kier alpha value is -2.05. The highest BCUT2D eigenvalue weighted by Gasteiger charge is 2.22. The Bertz CT molecular complexity index is 410. The smallest absolute Gasteiger partial charge is 0.407 e. The van der Waals surface area contributed by atoms with Gasteiger partial charge in [0.15, 0.2) is 0 Å². The molecule has 1 fully saturated rings. The van der Waals surface area contributed by atoms with E-state index in [1.165, 1.54) is 11.1 Å². The number of rotatable bonds is 3. The fourth-order valence-corrected chi connectivity index (χ4v) is 2.04. The molecule has 98 valence electrons. The summed E-state index contributed by atoms with van der Waals surface area (Å²) in [5.41, 5.74) is 0.512. The van der Waals surface area contributed by atoms with E-state index in [0.717, 1.165) is 12.8 Å². The summed E-state index contributed by atoms with van der Waals surface area (Å²) < 4.78 is 0. The Kier molecular flexibility index (Phi) is 3.81. The van der Waals surface area contributed by atoms with Crippen LogP contribution in [0.5, 0.6) is 0 Å². The SMILES string of the molecule is O=C(NCC1CCN(C(=O)O)CC1)c1cn[nH]c1. The summed E-state index contributed by atoms with van der Waals surface area (Å²) in [6.07, 6.45) is 3.73. The predicted molar refractivity (Wildman–Crippen MR) is 63.2 cm³/mol. The van der Waals surface area contributed by atoms with E-state index < -0.39 is 6.09 Å². The van der Waals surface area contributed by atoms with Gasteiger partial charge in [-0.3, -0.25) is 9.89 Å². The van der Waals surface area contributed by atoms with Crippen molar-refractivity contribution in [3.63, 3.8) is 0 Å². The van der Waals surface area contributed by atoms with Crippen LogP contribution in [0.3, 0.4) is 0 Å². The molecule has 2 amide bonds. The first-order valence-electron chi connectivity index (χ1n) is 5.91. The third kappa shape index (κ3) is 2.99. The van der Waals surface area contributed by atoms with E-state index in [2.05, 4.69) is 15.5 Å². The van der Waals surface area contributed by atoms with Crippen LogP contribution >= 0.6 is 0 Å². The molecule has 7 heteroatoms. The zero-order valence-corrected chi connectivity index (χ0v) is 9.93. The van der Waals surface area contributed by atoms with E-state index >= 15 is 0 Å². The molecule has 1 aliphatic heterocycles. The van der Waals surface area contributed by atoms with Crippen LogP contribution in [0.4, 0.5) is 4.79 Å². The molecule has 0 bridgehead atoms. The van der Waals surface area contributed by atoms with Gasteiger partial charge >= 0.3 is 6.09 Å². The van der Waals surface area contributed by atoms with E-state index in [4.69, 9.17) is 5.11 Å². The number of carbonyl (C=O) groups excluding carboxylic acids is 1. The molecule has 2 rings (SSSR count). The summed E-state index contributed by atoms with van der Waals surface area (Å²) in [7, 11) is 0. The van der Waals surface area contributed by atoms with Crippen molar-refractivity contribution in [1.29, 1.82) is 0 Å². The van der Waals surface area contributed by atoms with Gasteiger partial charge in [-0.15, -0.1) is 0 Å². The van der Waals surface area contributed by atoms with Crippen molar-refractivity contribution in [3.05, 3.63) is 18.0 Å². The summed E-state index contributed by atoms with van der Waals surface area (Å²) >= 11 is 0. The number of carbonyl (C=O) groups is 2. The normalized spacial score (nSPS) is 16.6. The van der Waals surface area contributed by atoms with Crippen molar-refractivity contribution in [2.45, 2.75) is 12.8 Å². The van der Waals surface area contributed by atoms with E-state index in [-0.39, 0.29) is 5.91 Å². The number of nitrogens with one attached hydrogen (secondary N) is 2. The zero-order chi connectivity index (χ0) is 13.0. The molecule has 0 saturated carbocycles. The Morgan fingerprint density at radius 3 is 2.78 bits per heavy atom. The second kappa shape index (κ2) is 5.52. The Morgan fingerprint density at radius 2 is 2.22 bits per heavy atom. The van der Waals surface area contributed by atoms with E-state index in [9.17, 15) is 9.59 Å². The van der Waals surface area contributed by atoms with Crippen molar-refractivity contribution in [1.82, 2.24) is 20.4 Å². The van der Waals surface area contributed by atoms with Gasteiger partial charge in [0, 0.05) is 25.8 Å². The van der Waals surface area contributed by atoms with Crippen LogP contribution in [-0.2, 0) is 0 Å². The molecule has 18 heavy (non-hydrogen) atoms. The van der Waals surface area contributed by atoms with Gasteiger partial charge in [-0.25, -0.2) is 4.79 Å². The predicted octanol–water partition coefficient (Wildman–Crippen LogP) is 0.529.